The molecule has 1 aromatic rings. The summed E-state index contributed by atoms with van der Waals surface area (Å²) in [5, 5.41) is 14.8. The number of carbonyl (C=O) groups is 1. The second-order valence-electron chi connectivity index (χ2n) is 6.13. The van der Waals surface area contributed by atoms with Crippen molar-refractivity contribution < 1.29 is 13.2 Å². The Morgan fingerprint density at radius 1 is 1.38 bits per heavy atom. The van der Waals surface area contributed by atoms with Gasteiger partial charge in [0, 0.05) is 17.9 Å². The predicted octanol–water partition coefficient (Wildman–Crippen LogP) is 1.93. The van der Waals surface area contributed by atoms with E-state index in [1.54, 1.807) is 6.07 Å². The number of nitrogens with one attached hydrogen (secondary N) is 2. The molecule has 1 aliphatic rings. The first-order valence-corrected chi connectivity index (χ1v) is 9.61. The van der Waals surface area contributed by atoms with Gasteiger partial charge in [-0.3, -0.25) is 4.79 Å². The first-order valence-electron chi connectivity index (χ1n) is 7.79. The fourth-order valence-electron chi connectivity index (χ4n) is 2.58. The molecule has 1 aromatic carbocycles. The van der Waals surface area contributed by atoms with Crippen molar-refractivity contribution in [2.45, 2.75) is 32.2 Å². The van der Waals surface area contributed by atoms with Gasteiger partial charge in [-0.05, 0) is 24.0 Å². The van der Waals surface area contributed by atoms with Crippen molar-refractivity contribution in [1.82, 2.24) is 5.32 Å². The van der Waals surface area contributed by atoms with E-state index >= 15 is 0 Å². The van der Waals surface area contributed by atoms with Gasteiger partial charge in [0.25, 0.3) is 5.91 Å². The number of anilines is 1. The summed E-state index contributed by atoms with van der Waals surface area (Å²) in [5.74, 6) is -0.120. The zero-order valence-electron chi connectivity index (χ0n) is 13.7. The van der Waals surface area contributed by atoms with E-state index in [4.69, 9.17) is 0 Å². The Kier molecular flexibility index (Phi) is 5.62. The number of nitrogens with zero attached hydrogens (tertiary/aromatic N) is 1. The highest BCUT2D eigenvalue weighted by atomic mass is 32.2. The molecule has 1 unspecified atom stereocenters. The van der Waals surface area contributed by atoms with Gasteiger partial charge in [-0.25, -0.2) is 8.42 Å². The number of benzene rings is 1. The van der Waals surface area contributed by atoms with E-state index in [1.165, 1.54) is 6.20 Å². The number of rotatable bonds is 5. The Balaban J connectivity index is 2.07. The first kappa shape index (κ1) is 18.0. The van der Waals surface area contributed by atoms with Crippen LogP contribution >= 0.6 is 0 Å². The minimum Gasteiger partial charge on any atom is -0.386 e. The average molecular weight is 347 g/mol. The highest BCUT2D eigenvalue weighted by Crippen LogP contribution is 2.24. The van der Waals surface area contributed by atoms with E-state index in [0.717, 1.165) is 5.56 Å². The van der Waals surface area contributed by atoms with E-state index in [9.17, 15) is 18.5 Å². The van der Waals surface area contributed by atoms with Crippen LogP contribution in [-0.2, 0) is 14.6 Å². The predicted molar refractivity (Wildman–Crippen MR) is 93.1 cm³/mol. The molecule has 2 N–H and O–H groups in total. The minimum absolute atomic E-state index is 0.0278. The molecule has 0 aliphatic carbocycles. The highest BCUT2D eigenvalue weighted by Gasteiger charge is 2.27. The second-order valence-corrected chi connectivity index (χ2v) is 8.36. The van der Waals surface area contributed by atoms with Crippen LogP contribution in [0.2, 0.25) is 0 Å². The van der Waals surface area contributed by atoms with Crippen LogP contribution in [0.4, 0.5) is 5.69 Å². The van der Waals surface area contributed by atoms with Gasteiger partial charge in [-0.1, -0.05) is 32.0 Å². The van der Waals surface area contributed by atoms with Gasteiger partial charge in [-0.15, -0.1) is 0 Å². The second kappa shape index (κ2) is 7.49. The third-order valence-electron chi connectivity index (χ3n) is 3.89. The van der Waals surface area contributed by atoms with Crippen LogP contribution in [0.25, 0.3) is 0 Å². The van der Waals surface area contributed by atoms with Crippen molar-refractivity contribution in [3.8, 4) is 6.07 Å². The van der Waals surface area contributed by atoms with Crippen molar-refractivity contribution in [1.29, 1.82) is 5.26 Å². The van der Waals surface area contributed by atoms with Gasteiger partial charge in [0.2, 0.25) is 0 Å². The number of amides is 1. The van der Waals surface area contributed by atoms with Gasteiger partial charge in [0.15, 0.2) is 9.84 Å². The Hall–Kier alpha value is -2.33. The smallest absolute Gasteiger partial charge is 0.267 e. The van der Waals surface area contributed by atoms with Crippen molar-refractivity contribution in [3.05, 3.63) is 41.6 Å². The maximum Gasteiger partial charge on any atom is 0.267 e. The Labute approximate surface area is 142 Å². The number of sulfone groups is 1. The van der Waals surface area contributed by atoms with Gasteiger partial charge in [0.1, 0.15) is 11.6 Å². The van der Waals surface area contributed by atoms with E-state index in [-0.39, 0.29) is 29.0 Å². The molecular weight excluding hydrogens is 326 g/mol. The third kappa shape index (κ3) is 4.59. The lowest BCUT2D eigenvalue weighted by Crippen LogP contribution is -2.27. The minimum atomic E-state index is -3.01. The number of hydrogen-bond donors (Lipinski definition) is 2. The Morgan fingerprint density at radius 2 is 2.08 bits per heavy atom. The Morgan fingerprint density at radius 3 is 2.67 bits per heavy atom. The van der Waals surface area contributed by atoms with Gasteiger partial charge < -0.3 is 10.6 Å². The molecule has 0 saturated carbocycles. The summed E-state index contributed by atoms with van der Waals surface area (Å²) in [6, 6.07) is 9.03. The zero-order chi connectivity index (χ0) is 17.7. The van der Waals surface area contributed by atoms with Crippen molar-refractivity contribution in [3.63, 3.8) is 0 Å². The first-order chi connectivity index (χ1) is 11.3. The van der Waals surface area contributed by atoms with Crippen LogP contribution in [0.3, 0.4) is 0 Å². The number of nitriles is 1. The third-order valence-corrected chi connectivity index (χ3v) is 5.66. The number of hydrogen-bond acceptors (Lipinski definition) is 5. The number of carbonyl (C=O) groups excluding carboxylic acids is 1. The van der Waals surface area contributed by atoms with Crippen molar-refractivity contribution in [2.24, 2.45) is 0 Å². The summed E-state index contributed by atoms with van der Waals surface area (Å²) in [6.45, 7) is 4.04. The SMILES string of the molecule is CC(C)c1ccccc1NC(=O)/C(C#N)=C\NC1CCS(=O)(=O)C1. The molecular formula is C17H21N3O3S. The molecule has 0 aromatic heterocycles. The summed E-state index contributed by atoms with van der Waals surface area (Å²) < 4.78 is 22.9. The monoisotopic (exact) mass is 347 g/mol. The van der Waals surface area contributed by atoms with Crippen LogP contribution in [0.15, 0.2) is 36.0 Å². The summed E-state index contributed by atoms with van der Waals surface area (Å²) in [7, 11) is -3.01. The molecule has 0 radical (unpaired) electrons. The largest absolute Gasteiger partial charge is 0.386 e. The maximum absolute atomic E-state index is 12.3. The fourth-order valence-corrected chi connectivity index (χ4v) is 4.27. The van der Waals surface area contributed by atoms with Gasteiger partial charge in [0.05, 0.1) is 11.5 Å². The molecule has 1 fully saturated rings. The van der Waals surface area contributed by atoms with E-state index in [1.807, 2.05) is 38.1 Å². The topological polar surface area (TPSA) is 99.1 Å². The Bertz CT molecular complexity index is 792. The lowest BCUT2D eigenvalue weighted by Gasteiger charge is -2.13. The van der Waals surface area contributed by atoms with Crippen LogP contribution in [0.5, 0.6) is 0 Å². The maximum atomic E-state index is 12.3. The molecule has 6 nitrogen and oxygen atoms in total. The highest BCUT2D eigenvalue weighted by molar-refractivity contribution is 7.91. The van der Waals surface area contributed by atoms with Gasteiger partial charge >= 0.3 is 0 Å². The molecule has 128 valence electrons. The van der Waals surface area contributed by atoms with Gasteiger partial charge in [-0.2, -0.15) is 5.26 Å². The van der Waals surface area contributed by atoms with E-state index < -0.39 is 15.7 Å². The van der Waals surface area contributed by atoms with Crippen LogP contribution < -0.4 is 10.6 Å². The molecule has 1 atom stereocenters. The summed E-state index contributed by atoms with van der Waals surface area (Å²) in [6.07, 6.45) is 1.79. The molecule has 0 spiro atoms. The zero-order valence-corrected chi connectivity index (χ0v) is 14.6. The fraction of sp³-hybridized carbons (Fsp3) is 0.412. The quantitative estimate of drug-likeness (QED) is 0.626. The van der Waals surface area contributed by atoms with Crippen LogP contribution in [0.1, 0.15) is 31.7 Å². The summed E-state index contributed by atoms with van der Waals surface area (Å²) >= 11 is 0. The average Bonchev–Trinajstić information content (AvgIpc) is 2.87. The number of para-hydroxylation sites is 1. The lowest BCUT2D eigenvalue weighted by molar-refractivity contribution is -0.112. The van der Waals surface area contributed by atoms with Crippen molar-refractivity contribution >= 4 is 21.4 Å². The summed E-state index contributed by atoms with van der Waals surface area (Å²) in [5.41, 5.74) is 1.57. The van der Waals surface area contributed by atoms with Crippen LogP contribution in [-0.4, -0.2) is 31.9 Å². The molecule has 24 heavy (non-hydrogen) atoms. The molecule has 1 amide bonds. The van der Waals surface area contributed by atoms with Crippen LogP contribution in [0, 0.1) is 11.3 Å². The van der Waals surface area contributed by atoms with Crippen molar-refractivity contribution in [2.75, 3.05) is 16.8 Å². The molecule has 7 heteroatoms. The van der Waals surface area contributed by atoms with E-state index in [2.05, 4.69) is 10.6 Å². The molecule has 1 aliphatic heterocycles. The molecule has 0 bridgehead atoms. The lowest BCUT2D eigenvalue weighted by atomic mass is 10.0. The standard InChI is InChI=1S/C17H21N3O3S/c1-12(2)15-5-3-4-6-16(15)20-17(21)13(9-18)10-19-14-7-8-24(22,23)11-14/h3-6,10,12,14,19H,7-8,11H2,1-2H3,(H,20,21)/b13-10-. The molecule has 1 heterocycles. The normalized spacial score (nSPS) is 19.8. The van der Waals surface area contributed by atoms with E-state index in [0.29, 0.717) is 12.1 Å². The molecule has 2 rings (SSSR count). The summed E-state index contributed by atoms with van der Waals surface area (Å²) in [4.78, 5) is 12.3. The molecule has 1 saturated heterocycles.